The molecule has 0 radical (unpaired) electrons. The molecule has 0 unspecified atom stereocenters. The standard InChI is InChI=1S/C17H16N2O2/c20-16(12-5-2-1-3-6-12)19-17(21)15-8-4-7-13-11-18-10-9-14(13)15/h1-8,18H,9-11H2,(H,19,20,21). The van der Waals surface area contributed by atoms with E-state index in [1.807, 2.05) is 18.2 Å². The van der Waals surface area contributed by atoms with Crippen molar-refractivity contribution in [2.45, 2.75) is 13.0 Å². The largest absolute Gasteiger partial charge is 0.312 e. The molecule has 0 fully saturated rings. The van der Waals surface area contributed by atoms with E-state index in [1.54, 1.807) is 30.3 Å². The van der Waals surface area contributed by atoms with Crippen molar-refractivity contribution in [3.63, 3.8) is 0 Å². The smallest absolute Gasteiger partial charge is 0.258 e. The Labute approximate surface area is 123 Å². The van der Waals surface area contributed by atoms with Crippen LogP contribution in [-0.2, 0) is 13.0 Å². The lowest BCUT2D eigenvalue weighted by molar-refractivity contribution is 0.0848. The van der Waals surface area contributed by atoms with Crippen LogP contribution in [0.3, 0.4) is 0 Å². The third-order valence-corrected chi connectivity index (χ3v) is 3.65. The molecule has 1 aliphatic rings. The van der Waals surface area contributed by atoms with Gasteiger partial charge in [0.1, 0.15) is 0 Å². The van der Waals surface area contributed by atoms with Gasteiger partial charge in [-0.3, -0.25) is 14.9 Å². The molecule has 0 spiro atoms. The van der Waals surface area contributed by atoms with Crippen molar-refractivity contribution in [1.29, 1.82) is 0 Å². The summed E-state index contributed by atoms with van der Waals surface area (Å²) in [6.45, 7) is 1.62. The lowest BCUT2D eigenvalue weighted by atomic mass is 9.95. The van der Waals surface area contributed by atoms with Gasteiger partial charge in [-0.05, 0) is 42.3 Å². The molecule has 3 rings (SSSR count). The van der Waals surface area contributed by atoms with Crippen LogP contribution in [0.5, 0.6) is 0 Å². The van der Waals surface area contributed by atoms with Crippen LogP contribution < -0.4 is 10.6 Å². The number of hydrogen-bond donors (Lipinski definition) is 2. The van der Waals surface area contributed by atoms with Crippen LogP contribution in [0.4, 0.5) is 0 Å². The third kappa shape index (κ3) is 2.85. The predicted molar refractivity (Wildman–Crippen MR) is 80.1 cm³/mol. The molecule has 1 aliphatic heterocycles. The lowest BCUT2D eigenvalue weighted by Crippen LogP contribution is -2.33. The number of hydrogen-bond acceptors (Lipinski definition) is 3. The maximum absolute atomic E-state index is 12.3. The molecule has 0 saturated heterocycles. The Kier molecular flexibility index (Phi) is 3.79. The van der Waals surface area contributed by atoms with Crippen molar-refractivity contribution in [1.82, 2.24) is 10.6 Å². The van der Waals surface area contributed by atoms with Gasteiger partial charge in [0.25, 0.3) is 11.8 Å². The van der Waals surface area contributed by atoms with Gasteiger partial charge in [-0.15, -0.1) is 0 Å². The summed E-state index contributed by atoms with van der Waals surface area (Å²) >= 11 is 0. The van der Waals surface area contributed by atoms with Crippen molar-refractivity contribution in [3.8, 4) is 0 Å². The number of benzene rings is 2. The SMILES string of the molecule is O=C(NC(=O)c1cccc2c1CCNC2)c1ccccc1. The highest BCUT2D eigenvalue weighted by molar-refractivity contribution is 6.11. The van der Waals surface area contributed by atoms with Gasteiger partial charge in [-0.25, -0.2) is 0 Å². The van der Waals surface area contributed by atoms with E-state index in [9.17, 15) is 9.59 Å². The fourth-order valence-electron chi connectivity index (χ4n) is 2.58. The molecule has 2 aromatic rings. The predicted octanol–water partition coefficient (Wildman–Crippen LogP) is 1.90. The average Bonchev–Trinajstić information content (AvgIpc) is 2.55. The summed E-state index contributed by atoms with van der Waals surface area (Å²) < 4.78 is 0. The third-order valence-electron chi connectivity index (χ3n) is 3.65. The van der Waals surface area contributed by atoms with E-state index in [4.69, 9.17) is 0 Å². The Morgan fingerprint density at radius 1 is 0.952 bits per heavy atom. The monoisotopic (exact) mass is 280 g/mol. The molecule has 2 amide bonds. The molecule has 4 heteroatoms. The number of amides is 2. The molecule has 0 aromatic heterocycles. The minimum absolute atomic E-state index is 0.331. The summed E-state index contributed by atoms with van der Waals surface area (Å²) in [5, 5.41) is 5.74. The topological polar surface area (TPSA) is 58.2 Å². The normalized spacial score (nSPS) is 13.3. The number of fused-ring (bicyclic) bond motifs is 1. The van der Waals surface area contributed by atoms with Gasteiger partial charge < -0.3 is 5.32 Å². The molecular weight excluding hydrogens is 264 g/mol. The van der Waals surface area contributed by atoms with Gasteiger partial charge in [-0.1, -0.05) is 30.3 Å². The maximum atomic E-state index is 12.3. The highest BCUT2D eigenvalue weighted by Crippen LogP contribution is 2.18. The minimum atomic E-state index is -0.368. The van der Waals surface area contributed by atoms with Crippen molar-refractivity contribution >= 4 is 11.8 Å². The summed E-state index contributed by atoms with van der Waals surface area (Å²) in [5.41, 5.74) is 3.24. The van der Waals surface area contributed by atoms with E-state index in [2.05, 4.69) is 10.6 Å². The Morgan fingerprint density at radius 2 is 1.76 bits per heavy atom. The lowest BCUT2D eigenvalue weighted by Gasteiger charge is -2.19. The summed E-state index contributed by atoms with van der Waals surface area (Å²) in [6.07, 6.45) is 0.804. The Hall–Kier alpha value is -2.46. The molecular formula is C17H16N2O2. The highest BCUT2D eigenvalue weighted by Gasteiger charge is 2.19. The van der Waals surface area contributed by atoms with Crippen LogP contribution in [0, 0.1) is 0 Å². The molecule has 0 bridgehead atoms. The van der Waals surface area contributed by atoms with E-state index in [0.29, 0.717) is 11.1 Å². The van der Waals surface area contributed by atoms with Crippen molar-refractivity contribution in [3.05, 3.63) is 70.8 Å². The first-order chi connectivity index (χ1) is 10.3. The molecule has 0 saturated carbocycles. The van der Waals surface area contributed by atoms with Gasteiger partial charge in [0.15, 0.2) is 0 Å². The van der Waals surface area contributed by atoms with E-state index in [1.165, 1.54) is 0 Å². The van der Waals surface area contributed by atoms with Crippen LogP contribution in [0.25, 0.3) is 0 Å². The molecule has 21 heavy (non-hydrogen) atoms. The Morgan fingerprint density at radius 3 is 2.57 bits per heavy atom. The first-order valence-electron chi connectivity index (χ1n) is 6.98. The van der Waals surface area contributed by atoms with Gasteiger partial charge >= 0.3 is 0 Å². The first-order valence-corrected chi connectivity index (χ1v) is 6.98. The molecule has 106 valence electrons. The Bertz CT molecular complexity index is 680. The second kappa shape index (κ2) is 5.89. The quantitative estimate of drug-likeness (QED) is 0.826. The molecule has 0 atom stereocenters. The van der Waals surface area contributed by atoms with E-state index < -0.39 is 0 Å². The summed E-state index contributed by atoms with van der Waals surface area (Å²) in [4.78, 5) is 24.4. The number of rotatable bonds is 2. The summed E-state index contributed by atoms with van der Waals surface area (Å²) in [5.74, 6) is -0.699. The van der Waals surface area contributed by atoms with Gasteiger partial charge in [0.05, 0.1) is 0 Å². The number of carbonyl (C=O) groups is 2. The van der Waals surface area contributed by atoms with Crippen LogP contribution >= 0.6 is 0 Å². The Balaban J connectivity index is 1.82. The minimum Gasteiger partial charge on any atom is -0.312 e. The van der Waals surface area contributed by atoms with Crippen LogP contribution in [0.15, 0.2) is 48.5 Å². The molecule has 2 aromatic carbocycles. The highest BCUT2D eigenvalue weighted by atomic mass is 16.2. The fraction of sp³-hybridized carbons (Fsp3) is 0.176. The number of carbonyl (C=O) groups excluding carboxylic acids is 2. The van der Waals surface area contributed by atoms with Crippen molar-refractivity contribution in [2.24, 2.45) is 0 Å². The van der Waals surface area contributed by atoms with E-state index >= 15 is 0 Å². The van der Waals surface area contributed by atoms with E-state index in [-0.39, 0.29) is 11.8 Å². The summed E-state index contributed by atoms with van der Waals surface area (Å²) in [6, 6.07) is 14.4. The van der Waals surface area contributed by atoms with Gasteiger partial charge in [-0.2, -0.15) is 0 Å². The summed E-state index contributed by atoms with van der Waals surface area (Å²) in [7, 11) is 0. The maximum Gasteiger partial charge on any atom is 0.258 e. The number of nitrogens with one attached hydrogen (secondary N) is 2. The zero-order chi connectivity index (χ0) is 14.7. The van der Waals surface area contributed by atoms with Crippen LogP contribution in [0.2, 0.25) is 0 Å². The molecule has 0 aliphatic carbocycles. The van der Waals surface area contributed by atoms with Crippen LogP contribution in [0.1, 0.15) is 31.8 Å². The molecule has 1 heterocycles. The number of imide groups is 1. The fourth-order valence-corrected chi connectivity index (χ4v) is 2.58. The van der Waals surface area contributed by atoms with Crippen LogP contribution in [-0.4, -0.2) is 18.4 Å². The second-order valence-electron chi connectivity index (χ2n) is 5.02. The van der Waals surface area contributed by atoms with Crippen molar-refractivity contribution < 1.29 is 9.59 Å². The second-order valence-corrected chi connectivity index (χ2v) is 5.02. The average molecular weight is 280 g/mol. The van der Waals surface area contributed by atoms with Gasteiger partial charge in [0, 0.05) is 17.7 Å². The zero-order valence-corrected chi connectivity index (χ0v) is 11.6. The van der Waals surface area contributed by atoms with Crippen molar-refractivity contribution in [2.75, 3.05) is 6.54 Å². The first kappa shape index (κ1) is 13.5. The molecule has 2 N–H and O–H groups in total. The molecule has 4 nitrogen and oxygen atoms in total. The van der Waals surface area contributed by atoms with E-state index in [0.717, 1.165) is 30.6 Å². The van der Waals surface area contributed by atoms with Gasteiger partial charge in [0.2, 0.25) is 0 Å². The zero-order valence-electron chi connectivity index (χ0n) is 11.6.